The van der Waals surface area contributed by atoms with E-state index in [2.05, 4.69) is 9.97 Å². The second kappa shape index (κ2) is 8.93. The first-order chi connectivity index (χ1) is 12.0. The Hall–Kier alpha value is -2.74. The summed E-state index contributed by atoms with van der Waals surface area (Å²) in [5, 5.41) is 7.00. The standard InChI is InChI=1S/C14H8F3N3O.C2H6.CH4O/c15-14(16,17)10-3-1-9(2-4-10)12-5-19-13-6-18-11(8-21)7-20(12)13;2*1-2/h1-8H;1-2H3;2H,1H3. The average molecular weight is 353 g/mol. The average Bonchev–Trinajstić information content (AvgIpc) is 3.07. The number of rotatable bonds is 2. The van der Waals surface area contributed by atoms with Crippen LogP contribution in [0.2, 0.25) is 0 Å². The van der Waals surface area contributed by atoms with Gasteiger partial charge in [-0.2, -0.15) is 13.2 Å². The van der Waals surface area contributed by atoms with Gasteiger partial charge in [-0.3, -0.25) is 9.20 Å². The molecule has 0 spiro atoms. The Bertz CT molecular complexity index is 812. The number of aromatic nitrogens is 3. The largest absolute Gasteiger partial charge is 0.416 e. The lowest BCUT2D eigenvalue weighted by molar-refractivity contribution is -0.137. The van der Waals surface area contributed by atoms with Crippen LogP contribution in [0.15, 0.2) is 42.9 Å². The van der Waals surface area contributed by atoms with Crippen LogP contribution in [0, 0.1) is 0 Å². The van der Waals surface area contributed by atoms with Crippen molar-refractivity contribution in [2.45, 2.75) is 20.0 Å². The van der Waals surface area contributed by atoms with Crippen molar-refractivity contribution < 1.29 is 23.1 Å². The van der Waals surface area contributed by atoms with E-state index in [4.69, 9.17) is 5.11 Å². The van der Waals surface area contributed by atoms with Crippen LogP contribution in [0.4, 0.5) is 13.2 Å². The van der Waals surface area contributed by atoms with Gasteiger partial charge in [0.1, 0.15) is 5.69 Å². The van der Waals surface area contributed by atoms with Gasteiger partial charge in [0.2, 0.25) is 0 Å². The number of benzene rings is 1. The monoisotopic (exact) mass is 353 g/mol. The summed E-state index contributed by atoms with van der Waals surface area (Å²) in [5.41, 5.74) is 1.17. The number of halogens is 3. The van der Waals surface area contributed by atoms with Crippen molar-refractivity contribution in [3.63, 3.8) is 0 Å². The zero-order chi connectivity index (χ0) is 19.0. The second-order valence-corrected chi connectivity index (χ2v) is 4.38. The maximum Gasteiger partial charge on any atom is 0.416 e. The van der Waals surface area contributed by atoms with Gasteiger partial charge in [-0.15, -0.1) is 0 Å². The number of aliphatic hydroxyl groups excluding tert-OH is 1. The van der Waals surface area contributed by atoms with Crippen molar-refractivity contribution in [1.82, 2.24) is 14.4 Å². The zero-order valence-electron chi connectivity index (χ0n) is 13.9. The lowest BCUT2D eigenvalue weighted by atomic mass is 10.1. The summed E-state index contributed by atoms with van der Waals surface area (Å²) in [6.07, 6.45) is 0.663. The van der Waals surface area contributed by atoms with Gasteiger partial charge in [0.25, 0.3) is 0 Å². The Morgan fingerprint density at radius 2 is 1.64 bits per heavy atom. The molecule has 2 aromatic heterocycles. The Morgan fingerprint density at radius 1 is 1.04 bits per heavy atom. The Morgan fingerprint density at radius 3 is 2.16 bits per heavy atom. The number of imidazole rings is 1. The van der Waals surface area contributed by atoms with E-state index in [1.165, 1.54) is 30.7 Å². The van der Waals surface area contributed by atoms with E-state index in [0.717, 1.165) is 19.2 Å². The molecular weight excluding hydrogens is 335 g/mol. The molecule has 5 nitrogen and oxygen atoms in total. The van der Waals surface area contributed by atoms with E-state index < -0.39 is 11.7 Å². The molecule has 0 aliphatic carbocycles. The van der Waals surface area contributed by atoms with E-state index in [9.17, 15) is 18.0 Å². The minimum Gasteiger partial charge on any atom is -0.400 e. The molecule has 0 aliphatic heterocycles. The highest BCUT2D eigenvalue weighted by atomic mass is 19.4. The fourth-order valence-electron chi connectivity index (χ4n) is 2.01. The summed E-state index contributed by atoms with van der Waals surface area (Å²) in [4.78, 5) is 18.7. The molecule has 3 rings (SSSR count). The minimum atomic E-state index is -4.37. The molecule has 0 unspecified atom stereocenters. The number of aliphatic hydroxyl groups is 1. The molecule has 0 atom stereocenters. The quantitative estimate of drug-likeness (QED) is 0.711. The predicted molar refractivity (Wildman–Crippen MR) is 88.3 cm³/mol. The molecule has 2 heterocycles. The highest BCUT2D eigenvalue weighted by Crippen LogP contribution is 2.31. The number of alkyl halides is 3. The molecule has 3 aromatic rings. The summed E-state index contributed by atoms with van der Waals surface area (Å²) < 4.78 is 39.3. The minimum absolute atomic E-state index is 0.216. The van der Waals surface area contributed by atoms with E-state index in [1.807, 2.05) is 13.8 Å². The van der Waals surface area contributed by atoms with Crippen LogP contribution in [-0.2, 0) is 6.18 Å². The number of aldehydes is 1. The molecule has 8 heteroatoms. The molecular formula is C17H18F3N3O2. The third-order valence-corrected chi connectivity index (χ3v) is 3.04. The summed E-state index contributed by atoms with van der Waals surface area (Å²) >= 11 is 0. The van der Waals surface area contributed by atoms with Crippen LogP contribution in [0.3, 0.4) is 0 Å². The maximum atomic E-state index is 12.5. The second-order valence-electron chi connectivity index (χ2n) is 4.38. The smallest absolute Gasteiger partial charge is 0.400 e. The molecule has 0 radical (unpaired) electrons. The van der Waals surface area contributed by atoms with Gasteiger partial charge < -0.3 is 5.11 Å². The van der Waals surface area contributed by atoms with Gasteiger partial charge in [-0.05, 0) is 12.1 Å². The van der Waals surface area contributed by atoms with Crippen LogP contribution in [0.1, 0.15) is 29.9 Å². The van der Waals surface area contributed by atoms with Crippen molar-refractivity contribution in [3.05, 3.63) is 54.1 Å². The molecule has 0 aliphatic rings. The Balaban J connectivity index is 0.000000730. The highest BCUT2D eigenvalue weighted by molar-refractivity contribution is 5.72. The van der Waals surface area contributed by atoms with Crippen LogP contribution in [0.25, 0.3) is 16.9 Å². The summed E-state index contributed by atoms with van der Waals surface area (Å²) in [6, 6.07) is 4.76. The van der Waals surface area contributed by atoms with Gasteiger partial charge in [-0.1, -0.05) is 26.0 Å². The summed E-state index contributed by atoms with van der Waals surface area (Å²) in [6.45, 7) is 4.00. The first-order valence-corrected chi connectivity index (χ1v) is 7.39. The van der Waals surface area contributed by atoms with Crippen molar-refractivity contribution in [2.75, 3.05) is 7.11 Å². The molecule has 0 amide bonds. The molecule has 1 aromatic carbocycles. The van der Waals surface area contributed by atoms with E-state index in [0.29, 0.717) is 23.2 Å². The molecule has 1 N–H and O–H groups in total. The number of hydrogen-bond acceptors (Lipinski definition) is 4. The molecule has 0 fully saturated rings. The van der Waals surface area contributed by atoms with Crippen molar-refractivity contribution in [1.29, 1.82) is 0 Å². The lowest BCUT2D eigenvalue weighted by Gasteiger charge is -2.07. The van der Waals surface area contributed by atoms with Crippen LogP contribution < -0.4 is 0 Å². The van der Waals surface area contributed by atoms with Gasteiger partial charge in [0.15, 0.2) is 11.9 Å². The van der Waals surface area contributed by atoms with E-state index in [-0.39, 0.29) is 5.69 Å². The molecule has 25 heavy (non-hydrogen) atoms. The van der Waals surface area contributed by atoms with Gasteiger partial charge in [0, 0.05) is 18.9 Å². The number of nitrogens with zero attached hydrogens (tertiary/aromatic N) is 3. The Labute approximate surface area is 142 Å². The predicted octanol–water partition coefficient (Wildman–Crippen LogP) is 3.86. The van der Waals surface area contributed by atoms with Gasteiger partial charge in [-0.25, -0.2) is 9.97 Å². The summed E-state index contributed by atoms with van der Waals surface area (Å²) in [7, 11) is 1.00. The zero-order valence-corrected chi connectivity index (χ0v) is 13.9. The van der Waals surface area contributed by atoms with Crippen LogP contribution >= 0.6 is 0 Å². The molecule has 0 bridgehead atoms. The lowest BCUT2D eigenvalue weighted by Crippen LogP contribution is -2.04. The third kappa shape index (κ3) is 4.63. The third-order valence-electron chi connectivity index (χ3n) is 3.04. The van der Waals surface area contributed by atoms with Gasteiger partial charge in [0.05, 0.1) is 23.7 Å². The van der Waals surface area contributed by atoms with Gasteiger partial charge >= 0.3 is 6.18 Å². The molecule has 134 valence electrons. The molecule has 0 saturated carbocycles. The van der Waals surface area contributed by atoms with Crippen molar-refractivity contribution >= 4 is 11.9 Å². The first kappa shape index (κ1) is 20.3. The van der Waals surface area contributed by atoms with Crippen LogP contribution in [0.5, 0.6) is 0 Å². The Kier molecular flexibility index (Phi) is 7.25. The fraction of sp³-hybridized carbons (Fsp3) is 0.235. The maximum absolute atomic E-state index is 12.5. The normalized spacial score (nSPS) is 10.4. The first-order valence-electron chi connectivity index (χ1n) is 7.39. The van der Waals surface area contributed by atoms with E-state index in [1.54, 1.807) is 4.40 Å². The van der Waals surface area contributed by atoms with Crippen molar-refractivity contribution in [3.8, 4) is 11.3 Å². The molecule has 0 saturated heterocycles. The van der Waals surface area contributed by atoms with Crippen LogP contribution in [-0.4, -0.2) is 32.9 Å². The number of carbonyl (C=O) groups is 1. The SMILES string of the molecule is CC.CO.O=Cc1cn2c(-c3ccc(C(F)(F)F)cc3)cnc2cn1. The fourth-order valence-corrected chi connectivity index (χ4v) is 2.01. The number of hydrogen-bond donors (Lipinski definition) is 1. The highest BCUT2D eigenvalue weighted by Gasteiger charge is 2.30. The van der Waals surface area contributed by atoms with Crippen molar-refractivity contribution in [2.24, 2.45) is 0 Å². The van der Waals surface area contributed by atoms with E-state index >= 15 is 0 Å². The number of fused-ring (bicyclic) bond motifs is 1. The number of carbonyl (C=O) groups excluding carboxylic acids is 1. The summed E-state index contributed by atoms with van der Waals surface area (Å²) in [5.74, 6) is 0. The topological polar surface area (TPSA) is 67.5 Å².